The summed E-state index contributed by atoms with van der Waals surface area (Å²) >= 11 is 0. The molecule has 0 saturated carbocycles. The summed E-state index contributed by atoms with van der Waals surface area (Å²) < 4.78 is 7.09. The molecule has 7 nitrogen and oxygen atoms in total. The molecule has 2 aromatic carbocycles. The molecule has 1 amide bonds. The maximum absolute atomic E-state index is 13.2. The number of pyridine rings is 1. The number of nitrogens with zero attached hydrogens (tertiary/aromatic N) is 5. The molecule has 0 atom stereocenters. The van der Waals surface area contributed by atoms with Gasteiger partial charge in [0.05, 0.1) is 12.8 Å². The Balaban J connectivity index is 1.27. The van der Waals surface area contributed by atoms with Crippen molar-refractivity contribution >= 4 is 16.9 Å². The highest BCUT2D eigenvalue weighted by Crippen LogP contribution is 2.30. The summed E-state index contributed by atoms with van der Waals surface area (Å²) in [6.07, 6.45) is 1.81. The largest absolute Gasteiger partial charge is 0.497 e. The van der Waals surface area contributed by atoms with Crippen LogP contribution in [0.5, 0.6) is 5.75 Å². The number of methoxy groups -OCH3 is 1. The van der Waals surface area contributed by atoms with E-state index in [4.69, 9.17) is 9.84 Å². The SMILES string of the molecule is COc1cccc(CN2CCN(C(=O)Cn3nc(C)c4c(-c5cccc(C)c5)ccnc43)CC2)c1. The predicted molar refractivity (Wildman–Crippen MR) is 137 cm³/mol. The standard InChI is InChI=1S/C28H31N5O2/c1-20-6-4-8-23(16-20)25-10-11-29-28-27(25)21(2)30-33(28)19-26(34)32-14-12-31(13-15-32)18-22-7-5-9-24(17-22)35-3/h4-11,16-17H,12-15,18-19H2,1-3H3. The van der Waals surface area contributed by atoms with Gasteiger partial charge in [0.25, 0.3) is 0 Å². The van der Waals surface area contributed by atoms with Crippen LogP contribution in [0.25, 0.3) is 22.2 Å². The number of benzene rings is 2. The molecule has 0 aliphatic carbocycles. The molecule has 0 bridgehead atoms. The van der Waals surface area contributed by atoms with Gasteiger partial charge in [0, 0.05) is 44.3 Å². The molecule has 180 valence electrons. The quantitative estimate of drug-likeness (QED) is 0.426. The van der Waals surface area contributed by atoms with Gasteiger partial charge in [0.2, 0.25) is 5.91 Å². The van der Waals surface area contributed by atoms with Crippen molar-refractivity contribution in [3.63, 3.8) is 0 Å². The predicted octanol–water partition coefficient (Wildman–Crippen LogP) is 4.07. The minimum atomic E-state index is 0.0817. The second-order valence-electron chi connectivity index (χ2n) is 9.18. The van der Waals surface area contributed by atoms with Crippen LogP contribution in [0.2, 0.25) is 0 Å². The molecule has 1 aliphatic rings. The smallest absolute Gasteiger partial charge is 0.244 e. The highest BCUT2D eigenvalue weighted by Gasteiger charge is 2.23. The fourth-order valence-electron chi connectivity index (χ4n) is 4.86. The molecule has 1 aliphatic heterocycles. The summed E-state index contributed by atoms with van der Waals surface area (Å²) in [5.74, 6) is 0.954. The number of aryl methyl sites for hydroxylation is 2. The van der Waals surface area contributed by atoms with Gasteiger partial charge in [-0.1, -0.05) is 42.0 Å². The first-order valence-corrected chi connectivity index (χ1v) is 12.0. The van der Waals surface area contributed by atoms with Gasteiger partial charge in [0.1, 0.15) is 12.3 Å². The molecule has 1 saturated heterocycles. The van der Waals surface area contributed by atoms with Gasteiger partial charge >= 0.3 is 0 Å². The van der Waals surface area contributed by atoms with Crippen molar-refractivity contribution in [2.45, 2.75) is 26.9 Å². The molecule has 0 radical (unpaired) electrons. The lowest BCUT2D eigenvalue weighted by molar-refractivity contribution is -0.133. The second kappa shape index (κ2) is 9.88. The molecule has 5 rings (SSSR count). The molecule has 0 unspecified atom stereocenters. The van der Waals surface area contributed by atoms with Crippen LogP contribution in [-0.4, -0.2) is 63.8 Å². The van der Waals surface area contributed by atoms with Crippen molar-refractivity contribution in [2.75, 3.05) is 33.3 Å². The Kier molecular flexibility index (Phi) is 6.51. The van der Waals surface area contributed by atoms with Crippen molar-refractivity contribution in [3.8, 4) is 16.9 Å². The third-order valence-electron chi connectivity index (χ3n) is 6.69. The van der Waals surface area contributed by atoms with Crippen LogP contribution in [0.1, 0.15) is 16.8 Å². The zero-order valence-corrected chi connectivity index (χ0v) is 20.6. The van der Waals surface area contributed by atoms with Crippen LogP contribution in [0.4, 0.5) is 0 Å². The van der Waals surface area contributed by atoms with E-state index in [1.807, 2.05) is 30.0 Å². The van der Waals surface area contributed by atoms with Gasteiger partial charge in [-0.05, 0) is 48.7 Å². The van der Waals surface area contributed by atoms with Crippen LogP contribution >= 0.6 is 0 Å². The van der Waals surface area contributed by atoms with E-state index in [-0.39, 0.29) is 12.5 Å². The second-order valence-corrected chi connectivity index (χ2v) is 9.18. The van der Waals surface area contributed by atoms with Gasteiger partial charge in [0.15, 0.2) is 5.65 Å². The van der Waals surface area contributed by atoms with Crippen LogP contribution in [0.3, 0.4) is 0 Å². The highest BCUT2D eigenvalue weighted by atomic mass is 16.5. The first-order chi connectivity index (χ1) is 17.0. The molecule has 35 heavy (non-hydrogen) atoms. The number of piperazine rings is 1. The number of hydrogen-bond donors (Lipinski definition) is 0. The Hall–Kier alpha value is -3.71. The average molecular weight is 470 g/mol. The van der Waals surface area contributed by atoms with Crippen molar-refractivity contribution in [3.05, 3.63) is 77.6 Å². The van der Waals surface area contributed by atoms with Gasteiger partial charge in [-0.2, -0.15) is 5.10 Å². The van der Waals surface area contributed by atoms with Crippen LogP contribution in [-0.2, 0) is 17.9 Å². The van der Waals surface area contributed by atoms with E-state index >= 15 is 0 Å². The molecular formula is C28H31N5O2. The summed E-state index contributed by atoms with van der Waals surface area (Å²) in [6, 6.07) is 18.6. The minimum Gasteiger partial charge on any atom is -0.497 e. The lowest BCUT2D eigenvalue weighted by Gasteiger charge is -2.34. The first kappa shape index (κ1) is 23.1. The minimum absolute atomic E-state index is 0.0817. The number of hydrogen-bond acceptors (Lipinski definition) is 5. The zero-order valence-electron chi connectivity index (χ0n) is 20.6. The Labute approximate surface area is 205 Å². The molecule has 1 fully saturated rings. The molecule has 2 aromatic heterocycles. The molecule has 0 spiro atoms. The molecule has 4 aromatic rings. The number of rotatable bonds is 6. The van der Waals surface area contributed by atoms with Crippen LogP contribution in [0, 0.1) is 13.8 Å². The zero-order chi connectivity index (χ0) is 24.4. The summed E-state index contributed by atoms with van der Waals surface area (Å²) in [6.45, 7) is 8.24. The topological polar surface area (TPSA) is 63.5 Å². The van der Waals surface area contributed by atoms with E-state index in [9.17, 15) is 4.79 Å². The highest BCUT2D eigenvalue weighted by molar-refractivity contribution is 5.95. The first-order valence-electron chi connectivity index (χ1n) is 12.0. The maximum Gasteiger partial charge on any atom is 0.244 e. The lowest BCUT2D eigenvalue weighted by atomic mass is 10.0. The summed E-state index contributed by atoms with van der Waals surface area (Å²) in [5.41, 5.74) is 6.31. The van der Waals surface area contributed by atoms with E-state index in [1.54, 1.807) is 18.0 Å². The Bertz CT molecular complexity index is 1350. The van der Waals surface area contributed by atoms with E-state index in [1.165, 1.54) is 11.1 Å². The van der Waals surface area contributed by atoms with Crippen LogP contribution < -0.4 is 4.74 Å². The summed E-state index contributed by atoms with van der Waals surface area (Å²) in [5, 5.41) is 5.71. The third-order valence-corrected chi connectivity index (χ3v) is 6.69. The van der Waals surface area contributed by atoms with Gasteiger partial charge in [-0.15, -0.1) is 0 Å². The number of aromatic nitrogens is 3. The number of carbonyl (C=O) groups excluding carboxylic acids is 1. The van der Waals surface area contributed by atoms with Gasteiger partial charge in [-0.25, -0.2) is 9.67 Å². The molecule has 3 heterocycles. The van der Waals surface area contributed by atoms with Crippen molar-refractivity contribution < 1.29 is 9.53 Å². The maximum atomic E-state index is 13.2. The normalized spacial score (nSPS) is 14.4. The monoisotopic (exact) mass is 469 g/mol. The van der Waals surface area contributed by atoms with Crippen molar-refractivity contribution in [2.24, 2.45) is 0 Å². The lowest BCUT2D eigenvalue weighted by Crippen LogP contribution is -2.49. The molecule has 0 N–H and O–H groups in total. The van der Waals surface area contributed by atoms with E-state index in [2.05, 4.69) is 53.2 Å². The van der Waals surface area contributed by atoms with Gasteiger partial charge < -0.3 is 9.64 Å². The number of amides is 1. The van der Waals surface area contributed by atoms with Crippen LogP contribution in [0.15, 0.2) is 60.8 Å². The van der Waals surface area contributed by atoms with Crippen molar-refractivity contribution in [1.82, 2.24) is 24.6 Å². The fraction of sp³-hybridized carbons (Fsp3) is 0.321. The van der Waals surface area contributed by atoms with Crippen molar-refractivity contribution in [1.29, 1.82) is 0 Å². The number of fused-ring (bicyclic) bond motifs is 1. The fourth-order valence-corrected chi connectivity index (χ4v) is 4.86. The third kappa shape index (κ3) is 4.91. The van der Waals surface area contributed by atoms with Gasteiger partial charge in [-0.3, -0.25) is 9.69 Å². The molecule has 7 heteroatoms. The van der Waals surface area contributed by atoms with E-state index in [0.717, 1.165) is 53.2 Å². The Morgan fingerprint density at radius 1 is 1.00 bits per heavy atom. The number of carbonyl (C=O) groups is 1. The van der Waals surface area contributed by atoms with E-state index in [0.29, 0.717) is 13.1 Å². The Morgan fingerprint density at radius 2 is 1.80 bits per heavy atom. The summed E-state index contributed by atoms with van der Waals surface area (Å²) in [4.78, 5) is 22.1. The summed E-state index contributed by atoms with van der Waals surface area (Å²) in [7, 11) is 1.69. The average Bonchev–Trinajstić information content (AvgIpc) is 3.19. The Morgan fingerprint density at radius 3 is 2.57 bits per heavy atom. The number of ether oxygens (including phenoxy) is 1. The van der Waals surface area contributed by atoms with E-state index < -0.39 is 0 Å². The molecular weight excluding hydrogens is 438 g/mol.